The van der Waals surface area contributed by atoms with Gasteiger partial charge in [0.2, 0.25) is 11.8 Å². The second-order valence-electron chi connectivity index (χ2n) is 9.96. The fourth-order valence-corrected chi connectivity index (χ4v) is 4.84. The van der Waals surface area contributed by atoms with Crippen LogP contribution in [0.2, 0.25) is 0 Å². The standard InChI is InChI=1S/C27H42N2O6/c1-17(2)18(3)23(34-5)16-24(30)29-14-10-13-22(29)25(35-6)19(4)26(31)28-21(27(32)33)15-20-11-8-7-9-12-20/h7-9,11-12,17-19,21-23,25H,10,13-16H2,1-6H3,(H,28,31)(H,32,33)/t18-,19+,21-,22-,23+,25+/m0/s1. The Kier molecular flexibility index (Phi) is 11.2. The zero-order valence-electron chi connectivity index (χ0n) is 21.9. The van der Waals surface area contributed by atoms with Crippen molar-refractivity contribution < 1.29 is 29.0 Å². The van der Waals surface area contributed by atoms with E-state index >= 15 is 0 Å². The van der Waals surface area contributed by atoms with Crippen LogP contribution in [-0.4, -0.2) is 72.8 Å². The number of carboxylic acid groups (broad SMARTS) is 1. The lowest BCUT2D eigenvalue weighted by atomic mass is 9.89. The summed E-state index contributed by atoms with van der Waals surface area (Å²) in [6.07, 6.45) is 1.30. The number of carbonyl (C=O) groups excluding carboxylic acids is 2. The first-order chi connectivity index (χ1) is 16.6. The van der Waals surface area contributed by atoms with Crippen molar-refractivity contribution >= 4 is 17.8 Å². The Labute approximate surface area is 209 Å². The van der Waals surface area contributed by atoms with Gasteiger partial charge in [0, 0.05) is 27.2 Å². The topological polar surface area (TPSA) is 105 Å². The number of ether oxygens (including phenoxy) is 2. The molecule has 0 radical (unpaired) electrons. The van der Waals surface area contributed by atoms with E-state index in [0.717, 1.165) is 18.4 Å². The Hall–Kier alpha value is -2.45. The number of likely N-dealkylation sites (tertiary alicyclic amines) is 1. The van der Waals surface area contributed by atoms with E-state index in [0.29, 0.717) is 12.5 Å². The van der Waals surface area contributed by atoms with Crippen LogP contribution in [-0.2, 0) is 30.3 Å². The number of rotatable bonds is 13. The Balaban J connectivity index is 2.09. The molecule has 6 atom stereocenters. The Morgan fingerprint density at radius 1 is 1.09 bits per heavy atom. The second-order valence-corrected chi connectivity index (χ2v) is 9.96. The first-order valence-electron chi connectivity index (χ1n) is 12.5. The van der Waals surface area contributed by atoms with E-state index in [1.165, 1.54) is 7.11 Å². The van der Waals surface area contributed by atoms with Gasteiger partial charge in [-0.2, -0.15) is 0 Å². The lowest BCUT2D eigenvalue weighted by Gasteiger charge is -2.35. The highest BCUT2D eigenvalue weighted by molar-refractivity contribution is 5.85. The first-order valence-corrected chi connectivity index (χ1v) is 12.5. The minimum Gasteiger partial charge on any atom is -0.480 e. The third kappa shape index (κ3) is 7.77. The minimum absolute atomic E-state index is 0.00556. The predicted octanol–water partition coefficient (Wildman–Crippen LogP) is 3.14. The number of methoxy groups -OCH3 is 2. The molecule has 2 rings (SSSR count). The molecule has 0 aromatic heterocycles. The first kappa shape index (κ1) is 28.8. The van der Waals surface area contributed by atoms with Crippen LogP contribution in [0.15, 0.2) is 30.3 Å². The van der Waals surface area contributed by atoms with Gasteiger partial charge in [0.15, 0.2) is 0 Å². The summed E-state index contributed by atoms with van der Waals surface area (Å²) >= 11 is 0. The number of hydrogen-bond donors (Lipinski definition) is 2. The molecule has 2 N–H and O–H groups in total. The van der Waals surface area contributed by atoms with Gasteiger partial charge in [-0.15, -0.1) is 0 Å². The number of carboxylic acids is 1. The third-order valence-electron chi connectivity index (χ3n) is 7.39. The molecular formula is C27H42N2O6. The van der Waals surface area contributed by atoms with Crippen LogP contribution >= 0.6 is 0 Å². The molecule has 1 saturated heterocycles. The van der Waals surface area contributed by atoms with Gasteiger partial charge in [-0.25, -0.2) is 4.79 Å². The number of benzene rings is 1. The molecule has 196 valence electrons. The normalized spacial score (nSPS) is 20.2. The van der Waals surface area contributed by atoms with Crippen LogP contribution in [0.1, 0.15) is 52.5 Å². The Morgan fingerprint density at radius 3 is 2.29 bits per heavy atom. The fraction of sp³-hybridized carbons (Fsp3) is 0.667. The number of aliphatic carboxylic acids is 1. The predicted molar refractivity (Wildman–Crippen MR) is 134 cm³/mol. The van der Waals surface area contributed by atoms with Gasteiger partial charge in [0.05, 0.1) is 30.6 Å². The molecule has 35 heavy (non-hydrogen) atoms. The van der Waals surface area contributed by atoms with Crippen molar-refractivity contribution in [1.29, 1.82) is 0 Å². The maximum absolute atomic E-state index is 13.2. The molecule has 0 unspecified atom stereocenters. The van der Waals surface area contributed by atoms with E-state index in [9.17, 15) is 19.5 Å². The highest BCUT2D eigenvalue weighted by Crippen LogP contribution is 2.29. The molecular weight excluding hydrogens is 448 g/mol. The van der Waals surface area contributed by atoms with E-state index in [1.54, 1.807) is 14.0 Å². The lowest BCUT2D eigenvalue weighted by molar-refractivity contribution is -0.145. The second kappa shape index (κ2) is 13.6. The number of amides is 2. The van der Waals surface area contributed by atoms with Gasteiger partial charge in [0.1, 0.15) is 6.04 Å². The molecule has 0 aliphatic carbocycles. The van der Waals surface area contributed by atoms with Crippen molar-refractivity contribution in [2.24, 2.45) is 17.8 Å². The molecule has 0 saturated carbocycles. The monoisotopic (exact) mass is 490 g/mol. The molecule has 1 heterocycles. The van der Waals surface area contributed by atoms with E-state index in [2.05, 4.69) is 26.1 Å². The zero-order chi connectivity index (χ0) is 26.1. The van der Waals surface area contributed by atoms with Crippen LogP contribution < -0.4 is 5.32 Å². The molecule has 1 fully saturated rings. The van der Waals surface area contributed by atoms with Gasteiger partial charge in [0.25, 0.3) is 0 Å². The molecule has 0 spiro atoms. The summed E-state index contributed by atoms with van der Waals surface area (Å²) in [6, 6.07) is 7.89. The quantitative estimate of drug-likeness (QED) is 0.440. The third-order valence-corrected chi connectivity index (χ3v) is 7.39. The maximum atomic E-state index is 13.2. The Bertz CT molecular complexity index is 830. The van der Waals surface area contributed by atoms with Gasteiger partial charge in [-0.1, -0.05) is 58.0 Å². The number of nitrogens with zero attached hydrogens (tertiary/aromatic N) is 1. The van der Waals surface area contributed by atoms with Gasteiger partial charge >= 0.3 is 5.97 Å². The lowest BCUT2D eigenvalue weighted by Crippen LogP contribution is -2.52. The largest absolute Gasteiger partial charge is 0.480 e. The van der Waals surface area contributed by atoms with Crippen LogP contribution in [0.5, 0.6) is 0 Å². The number of carbonyl (C=O) groups is 3. The van der Waals surface area contributed by atoms with Gasteiger partial charge in [-0.3, -0.25) is 9.59 Å². The average molecular weight is 491 g/mol. The van der Waals surface area contributed by atoms with E-state index in [1.807, 2.05) is 35.2 Å². The van der Waals surface area contributed by atoms with Crippen LogP contribution in [0.25, 0.3) is 0 Å². The molecule has 8 heteroatoms. The maximum Gasteiger partial charge on any atom is 0.326 e. The molecule has 8 nitrogen and oxygen atoms in total. The summed E-state index contributed by atoms with van der Waals surface area (Å²) in [5, 5.41) is 12.3. The summed E-state index contributed by atoms with van der Waals surface area (Å²) in [5.41, 5.74) is 0.826. The minimum atomic E-state index is -1.09. The van der Waals surface area contributed by atoms with Gasteiger partial charge in [-0.05, 0) is 30.2 Å². The van der Waals surface area contributed by atoms with Crippen LogP contribution in [0.3, 0.4) is 0 Å². The fourth-order valence-electron chi connectivity index (χ4n) is 4.84. The van der Waals surface area contributed by atoms with Crippen molar-refractivity contribution in [2.45, 2.75) is 77.7 Å². The SMILES string of the molecule is CO[C@H]([C@@H](C)C(=O)N[C@@H](Cc1ccccc1)C(=O)O)[C@@H]1CCCN1C(=O)C[C@@H](OC)[C@@H](C)C(C)C. The number of hydrogen-bond acceptors (Lipinski definition) is 5. The summed E-state index contributed by atoms with van der Waals surface area (Å²) in [4.78, 5) is 40.0. The summed E-state index contributed by atoms with van der Waals surface area (Å²) in [6.45, 7) is 8.65. The van der Waals surface area contributed by atoms with Crippen molar-refractivity contribution in [3.05, 3.63) is 35.9 Å². The highest BCUT2D eigenvalue weighted by Gasteiger charge is 2.41. The molecule has 2 amide bonds. The zero-order valence-corrected chi connectivity index (χ0v) is 21.9. The molecule has 1 aliphatic rings. The average Bonchev–Trinajstić information content (AvgIpc) is 3.32. The molecule has 0 bridgehead atoms. The summed E-state index contributed by atoms with van der Waals surface area (Å²) in [5.74, 6) is -1.52. The smallest absolute Gasteiger partial charge is 0.326 e. The van der Waals surface area contributed by atoms with Crippen LogP contribution in [0.4, 0.5) is 0 Å². The van der Waals surface area contributed by atoms with Crippen LogP contribution in [0, 0.1) is 17.8 Å². The van der Waals surface area contributed by atoms with Gasteiger partial charge < -0.3 is 24.8 Å². The molecule has 1 aliphatic heterocycles. The molecule has 1 aromatic rings. The Morgan fingerprint density at radius 2 is 1.74 bits per heavy atom. The van der Waals surface area contributed by atoms with Crippen molar-refractivity contribution in [2.75, 3.05) is 20.8 Å². The van der Waals surface area contributed by atoms with Crippen molar-refractivity contribution in [3.8, 4) is 0 Å². The van der Waals surface area contributed by atoms with E-state index in [4.69, 9.17) is 9.47 Å². The van der Waals surface area contributed by atoms with E-state index < -0.39 is 29.9 Å². The highest BCUT2D eigenvalue weighted by atomic mass is 16.5. The summed E-state index contributed by atoms with van der Waals surface area (Å²) < 4.78 is 11.4. The molecule has 1 aromatic carbocycles. The van der Waals surface area contributed by atoms with Crippen molar-refractivity contribution in [1.82, 2.24) is 10.2 Å². The van der Waals surface area contributed by atoms with E-state index in [-0.39, 0.29) is 36.8 Å². The van der Waals surface area contributed by atoms with Crippen molar-refractivity contribution in [3.63, 3.8) is 0 Å². The number of nitrogens with one attached hydrogen (secondary N) is 1. The summed E-state index contributed by atoms with van der Waals surface area (Å²) in [7, 11) is 3.17.